The number of nitrogens with zero attached hydrogens (tertiary/aromatic N) is 1. The van der Waals surface area contributed by atoms with Crippen LogP contribution in [0, 0.1) is 6.92 Å². The van der Waals surface area contributed by atoms with E-state index < -0.39 is 10.0 Å². The number of amides is 1. The molecule has 134 valence electrons. The van der Waals surface area contributed by atoms with E-state index in [0.717, 1.165) is 18.2 Å². The third-order valence-electron chi connectivity index (χ3n) is 3.88. The second-order valence-electron chi connectivity index (χ2n) is 6.02. The summed E-state index contributed by atoms with van der Waals surface area (Å²) in [6.07, 6.45) is 2.17. The zero-order chi connectivity index (χ0) is 18.4. The van der Waals surface area contributed by atoms with Crippen LogP contribution in [0.5, 0.6) is 0 Å². The quantitative estimate of drug-likeness (QED) is 0.823. The number of hydrogen-bond acceptors (Lipinski definition) is 3. The number of anilines is 2. The van der Waals surface area contributed by atoms with Gasteiger partial charge in [-0.15, -0.1) is 0 Å². The van der Waals surface area contributed by atoms with Crippen LogP contribution in [-0.4, -0.2) is 27.1 Å². The molecule has 0 atom stereocenters. The van der Waals surface area contributed by atoms with Gasteiger partial charge in [-0.05, 0) is 48.7 Å². The van der Waals surface area contributed by atoms with E-state index in [0.29, 0.717) is 11.4 Å². The highest BCUT2D eigenvalue weighted by molar-refractivity contribution is 7.92. The van der Waals surface area contributed by atoms with Crippen LogP contribution in [0.4, 0.5) is 11.4 Å². The van der Waals surface area contributed by atoms with Crippen molar-refractivity contribution >= 4 is 27.3 Å². The predicted octanol–water partition coefficient (Wildman–Crippen LogP) is 3.35. The molecule has 0 heterocycles. The Kier molecular flexibility index (Phi) is 6.20. The number of sulfonamides is 1. The average Bonchev–Trinajstić information content (AvgIpc) is 2.54. The smallest absolute Gasteiger partial charge is 0.232 e. The lowest BCUT2D eigenvalue weighted by Crippen LogP contribution is -2.33. The zero-order valence-electron chi connectivity index (χ0n) is 14.8. The van der Waals surface area contributed by atoms with E-state index >= 15 is 0 Å². The van der Waals surface area contributed by atoms with E-state index in [1.54, 1.807) is 18.2 Å². The molecule has 0 bridgehead atoms. The first-order valence-corrected chi connectivity index (χ1v) is 10.1. The van der Waals surface area contributed by atoms with Crippen molar-refractivity contribution in [2.24, 2.45) is 0 Å². The fraction of sp³-hybridized carbons (Fsp3) is 0.316. The Hall–Kier alpha value is -2.34. The van der Waals surface area contributed by atoms with Crippen LogP contribution in [0.3, 0.4) is 0 Å². The molecule has 25 heavy (non-hydrogen) atoms. The molecule has 1 N–H and O–H groups in total. The Morgan fingerprint density at radius 1 is 1.12 bits per heavy atom. The zero-order valence-corrected chi connectivity index (χ0v) is 15.6. The van der Waals surface area contributed by atoms with Gasteiger partial charge in [0.25, 0.3) is 0 Å². The van der Waals surface area contributed by atoms with Crippen molar-refractivity contribution in [2.45, 2.75) is 26.7 Å². The number of aryl methyl sites for hydroxylation is 2. The van der Waals surface area contributed by atoms with E-state index in [-0.39, 0.29) is 18.9 Å². The third-order valence-corrected chi connectivity index (χ3v) is 5.07. The molecule has 0 fully saturated rings. The largest absolute Gasteiger partial charge is 0.326 e. The first-order valence-electron chi connectivity index (χ1n) is 8.23. The van der Waals surface area contributed by atoms with Crippen LogP contribution < -0.4 is 9.62 Å². The molecule has 0 aliphatic rings. The van der Waals surface area contributed by atoms with E-state index in [4.69, 9.17) is 0 Å². The Balaban J connectivity index is 2.03. The van der Waals surface area contributed by atoms with Gasteiger partial charge in [0.05, 0.1) is 11.9 Å². The molecule has 0 spiro atoms. The van der Waals surface area contributed by atoms with Gasteiger partial charge in [-0.3, -0.25) is 9.10 Å². The maximum Gasteiger partial charge on any atom is 0.232 e. The topological polar surface area (TPSA) is 66.5 Å². The minimum atomic E-state index is -3.46. The number of carbonyl (C=O) groups is 1. The molecule has 0 aliphatic heterocycles. The highest BCUT2D eigenvalue weighted by Gasteiger charge is 2.18. The summed E-state index contributed by atoms with van der Waals surface area (Å²) in [6.45, 7) is 4.07. The fourth-order valence-corrected chi connectivity index (χ4v) is 3.44. The van der Waals surface area contributed by atoms with E-state index in [9.17, 15) is 13.2 Å². The molecule has 0 saturated heterocycles. The number of hydrogen-bond donors (Lipinski definition) is 1. The highest BCUT2D eigenvalue weighted by atomic mass is 32.2. The van der Waals surface area contributed by atoms with Crippen molar-refractivity contribution in [1.29, 1.82) is 0 Å². The van der Waals surface area contributed by atoms with Crippen LogP contribution in [0.15, 0.2) is 48.5 Å². The number of nitrogens with one attached hydrogen (secondary N) is 1. The van der Waals surface area contributed by atoms with Gasteiger partial charge in [0.2, 0.25) is 15.9 Å². The normalized spacial score (nSPS) is 11.2. The van der Waals surface area contributed by atoms with Gasteiger partial charge in [-0.1, -0.05) is 31.2 Å². The highest BCUT2D eigenvalue weighted by Crippen LogP contribution is 2.19. The maximum absolute atomic E-state index is 12.2. The first kappa shape index (κ1) is 19.0. The molecule has 1 amide bonds. The Labute approximate surface area is 149 Å². The molecule has 0 aromatic heterocycles. The van der Waals surface area contributed by atoms with Gasteiger partial charge in [0.1, 0.15) is 0 Å². The SMILES string of the molecule is CCc1ccc(NC(=O)CCN(c2cccc(C)c2)S(C)(=O)=O)cc1. The molecule has 2 aromatic rings. The lowest BCUT2D eigenvalue weighted by Gasteiger charge is -2.22. The van der Waals surface area contributed by atoms with Crippen molar-refractivity contribution in [1.82, 2.24) is 0 Å². The van der Waals surface area contributed by atoms with Crippen molar-refractivity contribution < 1.29 is 13.2 Å². The molecule has 0 unspecified atom stereocenters. The van der Waals surface area contributed by atoms with Gasteiger partial charge in [0, 0.05) is 18.7 Å². The van der Waals surface area contributed by atoms with Crippen LogP contribution >= 0.6 is 0 Å². The lowest BCUT2D eigenvalue weighted by molar-refractivity contribution is -0.116. The Morgan fingerprint density at radius 2 is 1.80 bits per heavy atom. The van der Waals surface area contributed by atoms with Crippen molar-refractivity contribution in [2.75, 3.05) is 22.4 Å². The maximum atomic E-state index is 12.2. The molecule has 0 radical (unpaired) electrons. The summed E-state index contributed by atoms with van der Waals surface area (Å²) >= 11 is 0. The summed E-state index contributed by atoms with van der Waals surface area (Å²) < 4.78 is 25.4. The van der Waals surface area contributed by atoms with Crippen molar-refractivity contribution in [3.05, 3.63) is 59.7 Å². The number of carbonyl (C=O) groups excluding carboxylic acids is 1. The molecule has 5 nitrogen and oxygen atoms in total. The number of rotatable bonds is 7. The molecule has 2 rings (SSSR count). The van der Waals surface area contributed by atoms with Crippen LogP contribution in [0.2, 0.25) is 0 Å². The van der Waals surface area contributed by atoms with Crippen LogP contribution in [-0.2, 0) is 21.2 Å². The summed E-state index contributed by atoms with van der Waals surface area (Å²) in [5.74, 6) is -0.217. The summed E-state index contributed by atoms with van der Waals surface area (Å²) in [5, 5.41) is 2.80. The predicted molar refractivity (Wildman–Crippen MR) is 102 cm³/mol. The van der Waals surface area contributed by atoms with Gasteiger partial charge in [-0.25, -0.2) is 8.42 Å². The van der Waals surface area contributed by atoms with E-state index in [1.807, 2.05) is 37.3 Å². The van der Waals surface area contributed by atoms with Gasteiger partial charge < -0.3 is 5.32 Å². The second kappa shape index (κ2) is 8.16. The van der Waals surface area contributed by atoms with Crippen LogP contribution in [0.25, 0.3) is 0 Å². The fourth-order valence-electron chi connectivity index (χ4n) is 2.52. The minimum Gasteiger partial charge on any atom is -0.326 e. The van der Waals surface area contributed by atoms with Crippen molar-refractivity contribution in [3.63, 3.8) is 0 Å². The summed E-state index contributed by atoms with van der Waals surface area (Å²) in [6, 6.07) is 14.9. The minimum absolute atomic E-state index is 0.0799. The van der Waals surface area contributed by atoms with Crippen molar-refractivity contribution in [3.8, 4) is 0 Å². The summed E-state index contributed by atoms with van der Waals surface area (Å²) in [7, 11) is -3.46. The Morgan fingerprint density at radius 3 is 2.36 bits per heavy atom. The third kappa shape index (κ3) is 5.60. The van der Waals surface area contributed by atoms with E-state index in [1.165, 1.54) is 9.87 Å². The van der Waals surface area contributed by atoms with Gasteiger partial charge in [-0.2, -0.15) is 0 Å². The monoisotopic (exact) mass is 360 g/mol. The Bertz CT molecular complexity index is 830. The molecule has 0 saturated carbocycles. The average molecular weight is 360 g/mol. The van der Waals surface area contributed by atoms with Gasteiger partial charge >= 0.3 is 0 Å². The summed E-state index contributed by atoms with van der Waals surface area (Å²) in [4.78, 5) is 12.2. The molecule has 6 heteroatoms. The summed E-state index contributed by atoms with van der Waals surface area (Å²) in [5.41, 5.74) is 3.44. The standard InChI is InChI=1S/C19H24N2O3S/c1-4-16-8-10-17(11-9-16)20-19(22)12-13-21(25(3,23)24)18-7-5-6-15(2)14-18/h5-11,14H,4,12-13H2,1-3H3,(H,20,22). The van der Waals surface area contributed by atoms with Crippen LogP contribution in [0.1, 0.15) is 24.5 Å². The lowest BCUT2D eigenvalue weighted by atomic mass is 10.1. The molecular formula is C19H24N2O3S. The first-order chi connectivity index (χ1) is 11.8. The van der Waals surface area contributed by atoms with E-state index in [2.05, 4.69) is 12.2 Å². The molecule has 0 aliphatic carbocycles. The second-order valence-corrected chi connectivity index (χ2v) is 7.93. The van der Waals surface area contributed by atoms with Gasteiger partial charge in [0.15, 0.2) is 0 Å². The molecular weight excluding hydrogens is 336 g/mol. The molecule has 2 aromatic carbocycles. The number of benzene rings is 2.